The Morgan fingerprint density at radius 3 is 1.28 bits per heavy atom. The third-order valence-electron chi connectivity index (χ3n) is 11.7. The minimum Gasteiger partial charge on any atom is -0.309 e. The van der Waals surface area contributed by atoms with Crippen molar-refractivity contribution in [1.82, 2.24) is 9.13 Å². The molecule has 3 heteroatoms. The molecular weight excluding hydrogens is 709 g/mol. The van der Waals surface area contributed by atoms with Gasteiger partial charge in [-0.3, -0.25) is 0 Å². The van der Waals surface area contributed by atoms with Crippen LogP contribution in [0.2, 0.25) is 0 Å². The molecular formula is C54H34N2S. The number of hydrogen-bond donors (Lipinski definition) is 0. The molecule has 3 heterocycles. The van der Waals surface area contributed by atoms with Crippen LogP contribution in [0.15, 0.2) is 206 Å². The normalized spacial score (nSPS) is 11.9. The van der Waals surface area contributed by atoms with Gasteiger partial charge in [0.1, 0.15) is 0 Å². The lowest BCUT2D eigenvalue weighted by atomic mass is 10.0. The second kappa shape index (κ2) is 12.7. The number of thiophene rings is 1. The van der Waals surface area contributed by atoms with Gasteiger partial charge in [0.15, 0.2) is 0 Å². The van der Waals surface area contributed by atoms with Gasteiger partial charge in [-0.2, -0.15) is 0 Å². The van der Waals surface area contributed by atoms with Gasteiger partial charge in [-0.1, -0.05) is 146 Å². The maximum atomic E-state index is 2.44. The first-order chi connectivity index (χ1) is 28.2. The Kier molecular flexibility index (Phi) is 7.13. The van der Waals surface area contributed by atoms with Gasteiger partial charge in [-0.25, -0.2) is 0 Å². The van der Waals surface area contributed by atoms with Crippen LogP contribution in [-0.4, -0.2) is 9.13 Å². The summed E-state index contributed by atoms with van der Waals surface area (Å²) in [4.78, 5) is 0. The molecule has 0 aliphatic rings. The molecule has 0 N–H and O–H groups in total. The second-order valence-corrected chi connectivity index (χ2v) is 16.0. The predicted molar refractivity (Wildman–Crippen MR) is 244 cm³/mol. The molecule has 0 unspecified atom stereocenters. The van der Waals surface area contributed by atoms with E-state index in [1.54, 1.807) is 0 Å². The number of benzene rings is 9. The minimum atomic E-state index is 1.14. The van der Waals surface area contributed by atoms with Gasteiger partial charge in [0.2, 0.25) is 0 Å². The molecule has 0 amide bonds. The van der Waals surface area contributed by atoms with Crippen molar-refractivity contribution in [3.63, 3.8) is 0 Å². The Bertz CT molecular complexity index is 3380. The number of fused-ring (bicyclic) bond motifs is 9. The molecule has 3 aromatic heterocycles. The van der Waals surface area contributed by atoms with Crippen molar-refractivity contribution < 1.29 is 0 Å². The van der Waals surface area contributed by atoms with E-state index in [1.165, 1.54) is 97.2 Å². The molecule has 0 atom stereocenters. The van der Waals surface area contributed by atoms with Gasteiger partial charge in [0.05, 0.1) is 22.1 Å². The number of nitrogens with zero attached hydrogens (tertiary/aromatic N) is 2. The molecule has 0 radical (unpaired) electrons. The molecule has 0 saturated heterocycles. The van der Waals surface area contributed by atoms with Gasteiger partial charge in [-0.15, -0.1) is 11.3 Å². The summed E-state index contributed by atoms with van der Waals surface area (Å²) in [5, 5.41) is 7.74. The molecule has 12 rings (SSSR count). The summed E-state index contributed by atoms with van der Waals surface area (Å²) in [6.45, 7) is 0. The first kappa shape index (κ1) is 32.1. The predicted octanol–water partition coefficient (Wildman–Crippen LogP) is 15.2. The van der Waals surface area contributed by atoms with Crippen LogP contribution in [0.4, 0.5) is 0 Å². The van der Waals surface area contributed by atoms with Crippen molar-refractivity contribution in [1.29, 1.82) is 0 Å². The lowest BCUT2D eigenvalue weighted by molar-refractivity contribution is 1.18. The Hall–Kier alpha value is -7.20. The smallest absolute Gasteiger partial charge is 0.0555 e. The van der Waals surface area contributed by atoms with E-state index in [-0.39, 0.29) is 0 Å². The molecule has 2 nitrogen and oxygen atoms in total. The van der Waals surface area contributed by atoms with Crippen molar-refractivity contribution in [3.8, 4) is 44.8 Å². The Morgan fingerprint density at radius 1 is 0.246 bits per heavy atom. The number of hydrogen-bond acceptors (Lipinski definition) is 1. The molecule has 0 bridgehead atoms. The zero-order chi connectivity index (χ0) is 37.5. The fourth-order valence-electron chi connectivity index (χ4n) is 8.99. The van der Waals surface area contributed by atoms with Crippen LogP contribution in [0.5, 0.6) is 0 Å². The van der Waals surface area contributed by atoms with E-state index >= 15 is 0 Å². The van der Waals surface area contributed by atoms with E-state index in [0.29, 0.717) is 0 Å². The molecule has 0 aliphatic carbocycles. The molecule has 0 spiro atoms. The van der Waals surface area contributed by atoms with E-state index in [0.717, 1.165) is 11.4 Å². The van der Waals surface area contributed by atoms with Crippen LogP contribution in [-0.2, 0) is 0 Å². The van der Waals surface area contributed by atoms with Gasteiger partial charge < -0.3 is 9.13 Å². The van der Waals surface area contributed by atoms with Crippen LogP contribution >= 0.6 is 11.3 Å². The van der Waals surface area contributed by atoms with Crippen molar-refractivity contribution >= 4 is 75.1 Å². The van der Waals surface area contributed by atoms with Crippen molar-refractivity contribution in [2.24, 2.45) is 0 Å². The number of para-hydroxylation sites is 1. The van der Waals surface area contributed by atoms with Gasteiger partial charge in [0.25, 0.3) is 0 Å². The minimum absolute atomic E-state index is 1.14. The van der Waals surface area contributed by atoms with Gasteiger partial charge >= 0.3 is 0 Å². The number of rotatable bonds is 5. The van der Waals surface area contributed by atoms with E-state index in [4.69, 9.17) is 0 Å². The Morgan fingerprint density at radius 2 is 0.684 bits per heavy atom. The van der Waals surface area contributed by atoms with Crippen LogP contribution in [0.3, 0.4) is 0 Å². The number of aromatic nitrogens is 2. The fourth-order valence-corrected chi connectivity index (χ4v) is 10.1. The first-order valence-corrected chi connectivity index (χ1v) is 20.3. The van der Waals surface area contributed by atoms with Crippen LogP contribution in [0.1, 0.15) is 0 Å². The molecule has 57 heavy (non-hydrogen) atoms. The largest absolute Gasteiger partial charge is 0.309 e. The van der Waals surface area contributed by atoms with Crippen LogP contribution < -0.4 is 0 Å². The lowest BCUT2D eigenvalue weighted by Gasteiger charge is -2.12. The second-order valence-electron chi connectivity index (χ2n) is 14.9. The van der Waals surface area contributed by atoms with Crippen LogP contribution in [0.25, 0.3) is 109 Å². The highest BCUT2D eigenvalue weighted by atomic mass is 32.1. The summed E-state index contributed by atoms with van der Waals surface area (Å²) in [5.41, 5.74) is 14.4. The summed E-state index contributed by atoms with van der Waals surface area (Å²) < 4.78 is 7.52. The summed E-state index contributed by atoms with van der Waals surface area (Å²) >= 11 is 1.88. The average molecular weight is 743 g/mol. The highest BCUT2D eigenvalue weighted by Crippen LogP contribution is 2.41. The maximum Gasteiger partial charge on any atom is 0.0555 e. The standard InChI is InChI=1S/C54H34N2S/c1-3-11-35(12-4-1)39-23-29-44-45-30-24-40(36-13-5-2-6-14-36)32-51(45)56(50(44)31-39)42-27-21-38(22-28-42)37-19-25-41(26-20-37)55-49-17-9-7-15-43(49)47-33-48-46-16-8-10-18-53(46)57-54(48)34-52(47)55/h1-34H. The molecule has 12 aromatic rings. The van der Waals surface area contributed by atoms with Crippen molar-refractivity contribution in [2.45, 2.75) is 0 Å². The highest BCUT2D eigenvalue weighted by molar-refractivity contribution is 7.25. The topological polar surface area (TPSA) is 9.86 Å². The summed E-state index contributed by atoms with van der Waals surface area (Å²) in [6, 6.07) is 75.6. The van der Waals surface area contributed by atoms with E-state index in [2.05, 4.69) is 215 Å². The van der Waals surface area contributed by atoms with Crippen molar-refractivity contribution in [2.75, 3.05) is 0 Å². The summed E-state index contributed by atoms with van der Waals surface area (Å²) in [5.74, 6) is 0. The zero-order valence-corrected chi connectivity index (χ0v) is 31.7. The first-order valence-electron chi connectivity index (χ1n) is 19.5. The van der Waals surface area contributed by atoms with E-state index in [1.807, 2.05) is 11.3 Å². The quantitative estimate of drug-likeness (QED) is 0.166. The molecule has 266 valence electrons. The average Bonchev–Trinajstić information content (AvgIpc) is 3.93. The van der Waals surface area contributed by atoms with E-state index in [9.17, 15) is 0 Å². The summed E-state index contributed by atoms with van der Waals surface area (Å²) in [6.07, 6.45) is 0. The summed E-state index contributed by atoms with van der Waals surface area (Å²) in [7, 11) is 0. The van der Waals surface area contributed by atoms with Crippen LogP contribution in [0, 0.1) is 0 Å². The SMILES string of the molecule is c1ccc(-c2ccc3c4ccc(-c5ccccc5)cc4n(-c4ccc(-c5ccc(-n6c7ccccc7c7cc8c(cc76)sc6ccccc68)cc5)cc4)c3c2)cc1. The third-order valence-corrected chi connectivity index (χ3v) is 12.9. The third kappa shape index (κ3) is 5.10. The molecule has 9 aromatic carbocycles. The van der Waals surface area contributed by atoms with E-state index < -0.39 is 0 Å². The molecule has 0 aliphatic heterocycles. The monoisotopic (exact) mass is 742 g/mol. The fraction of sp³-hybridized carbons (Fsp3) is 0. The maximum absolute atomic E-state index is 2.44. The molecule has 0 fully saturated rings. The van der Waals surface area contributed by atoms with Crippen molar-refractivity contribution in [3.05, 3.63) is 206 Å². The van der Waals surface area contributed by atoms with Gasteiger partial charge in [0, 0.05) is 53.1 Å². The molecule has 0 saturated carbocycles. The zero-order valence-electron chi connectivity index (χ0n) is 30.9. The highest BCUT2D eigenvalue weighted by Gasteiger charge is 2.17. The van der Waals surface area contributed by atoms with Gasteiger partial charge in [-0.05, 0) is 94.0 Å². The Balaban J connectivity index is 0.959. The Labute approximate surface area is 333 Å². The lowest BCUT2D eigenvalue weighted by Crippen LogP contribution is -1.95.